The van der Waals surface area contributed by atoms with Crippen molar-refractivity contribution in [2.24, 2.45) is 0 Å². The van der Waals surface area contributed by atoms with E-state index in [0.29, 0.717) is 11.3 Å². The monoisotopic (exact) mass is 556 g/mol. The number of ether oxygens (including phenoxy) is 3. The second-order valence-corrected chi connectivity index (χ2v) is 9.97. The molecule has 0 aliphatic rings. The third-order valence-corrected chi connectivity index (χ3v) is 7.07. The molecule has 0 aliphatic carbocycles. The summed E-state index contributed by atoms with van der Waals surface area (Å²) in [6, 6.07) is 17.3. The normalized spacial score (nSPS) is 11.7. The molecule has 1 atom stereocenters. The Bertz CT molecular complexity index is 1410. The maximum absolute atomic E-state index is 13.2. The van der Waals surface area contributed by atoms with Gasteiger partial charge in [0.2, 0.25) is 15.9 Å². The van der Waals surface area contributed by atoms with Crippen LogP contribution < -0.4 is 19.5 Å². The van der Waals surface area contributed by atoms with Crippen molar-refractivity contribution in [3.8, 4) is 11.5 Å². The van der Waals surface area contributed by atoms with E-state index in [-0.39, 0.29) is 29.2 Å². The van der Waals surface area contributed by atoms with Crippen LogP contribution in [-0.4, -0.2) is 58.2 Å². The lowest BCUT2D eigenvalue weighted by Gasteiger charge is -2.19. The van der Waals surface area contributed by atoms with Gasteiger partial charge in [0.25, 0.3) is 0 Å². The lowest BCUT2D eigenvalue weighted by Crippen LogP contribution is -2.47. The van der Waals surface area contributed by atoms with Gasteiger partial charge < -0.3 is 24.6 Å². The van der Waals surface area contributed by atoms with Crippen molar-refractivity contribution in [1.29, 1.82) is 0 Å². The smallest absolute Gasteiger partial charge is 0.343 e. The highest BCUT2D eigenvalue weighted by molar-refractivity contribution is 7.89. The molecule has 1 amide bonds. The number of carbonyl (C=O) groups is 3. The summed E-state index contributed by atoms with van der Waals surface area (Å²) < 4.78 is 43.3. The Kier molecular flexibility index (Phi) is 10.0. The van der Waals surface area contributed by atoms with E-state index in [2.05, 4.69) is 14.8 Å². The summed E-state index contributed by atoms with van der Waals surface area (Å²) in [6.07, 6.45) is -0.169. The van der Waals surface area contributed by atoms with Gasteiger partial charge >= 0.3 is 11.9 Å². The molecule has 206 valence electrons. The first kappa shape index (κ1) is 29.1. The molecule has 0 radical (unpaired) electrons. The molecule has 0 saturated heterocycles. The summed E-state index contributed by atoms with van der Waals surface area (Å²) in [7, 11) is -1.39. The minimum Gasteiger partial charge on any atom is -0.497 e. The van der Waals surface area contributed by atoms with Gasteiger partial charge in [-0.15, -0.1) is 0 Å². The fraction of sp³-hybridized carbons (Fsp3) is 0.222. The van der Waals surface area contributed by atoms with Crippen LogP contribution in [0, 0.1) is 0 Å². The van der Waals surface area contributed by atoms with Gasteiger partial charge in [-0.2, -0.15) is 4.72 Å². The van der Waals surface area contributed by atoms with Gasteiger partial charge in [-0.25, -0.2) is 18.0 Å². The first-order valence-electron chi connectivity index (χ1n) is 11.7. The lowest BCUT2D eigenvalue weighted by molar-refractivity contribution is -0.142. The molecule has 0 aliphatic heterocycles. The molecule has 12 heteroatoms. The van der Waals surface area contributed by atoms with Gasteiger partial charge in [0.05, 0.1) is 19.1 Å². The molecule has 39 heavy (non-hydrogen) atoms. The van der Waals surface area contributed by atoms with Gasteiger partial charge in [0.1, 0.15) is 23.1 Å². The van der Waals surface area contributed by atoms with Gasteiger partial charge in [0, 0.05) is 6.54 Å². The number of esters is 1. The van der Waals surface area contributed by atoms with Crippen LogP contribution in [0.4, 0.5) is 0 Å². The number of sulfonamides is 1. The van der Waals surface area contributed by atoms with Crippen molar-refractivity contribution < 1.29 is 42.1 Å². The van der Waals surface area contributed by atoms with E-state index in [4.69, 9.17) is 9.47 Å². The molecule has 0 unspecified atom stereocenters. The van der Waals surface area contributed by atoms with Crippen LogP contribution in [0.25, 0.3) is 0 Å². The van der Waals surface area contributed by atoms with Crippen LogP contribution in [0.1, 0.15) is 21.5 Å². The summed E-state index contributed by atoms with van der Waals surface area (Å²) >= 11 is 0. The number of amides is 1. The molecule has 3 N–H and O–H groups in total. The van der Waals surface area contributed by atoms with Crippen LogP contribution in [-0.2, 0) is 37.3 Å². The molecule has 0 heterocycles. The minimum atomic E-state index is -4.09. The molecule has 0 fully saturated rings. The number of aromatic carboxylic acids is 1. The molecular formula is C27H28N2O9S. The third kappa shape index (κ3) is 8.28. The number of methoxy groups -OCH3 is 2. The Labute approximate surface area is 225 Å². The van der Waals surface area contributed by atoms with Crippen LogP contribution in [0.3, 0.4) is 0 Å². The Hall–Kier alpha value is -4.42. The Morgan fingerprint density at radius 1 is 0.923 bits per heavy atom. The third-order valence-electron chi connectivity index (χ3n) is 5.58. The number of carboxylic acid groups (broad SMARTS) is 1. The van der Waals surface area contributed by atoms with Crippen molar-refractivity contribution in [1.82, 2.24) is 10.0 Å². The highest BCUT2D eigenvalue weighted by Gasteiger charge is 2.27. The average Bonchev–Trinajstić information content (AvgIpc) is 2.95. The van der Waals surface area contributed by atoms with E-state index in [0.717, 1.165) is 5.56 Å². The second-order valence-electron chi connectivity index (χ2n) is 8.26. The van der Waals surface area contributed by atoms with Crippen LogP contribution in [0.5, 0.6) is 11.5 Å². The number of hydrogen-bond acceptors (Lipinski definition) is 8. The molecular weight excluding hydrogens is 528 g/mol. The molecule has 0 saturated carbocycles. The van der Waals surface area contributed by atoms with Crippen molar-refractivity contribution in [3.05, 3.63) is 89.5 Å². The van der Waals surface area contributed by atoms with Gasteiger partial charge in [-0.05, 0) is 53.9 Å². The van der Waals surface area contributed by atoms with E-state index in [1.165, 1.54) is 44.6 Å². The van der Waals surface area contributed by atoms with E-state index >= 15 is 0 Å². The Morgan fingerprint density at radius 3 is 2.21 bits per heavy atom. The predicted octanol–water partition coefficient (Wildman–Crippen LogP) is 2.15. The SMILES string of the molecule is COC(=O)COc1ccc(C[C@H](NS(=O)(=O)c2ccccc2)C(=O)NCc2ccc(OC)cc2)cc1C(=O)O. The molecule has 11 nitrogen and oxygen atoms in total. The van der Waals surface area contributed by atoms with Crippen LogP contribution >= 0.6 is 0 Å². The molecule has 0 bridgehead atoms. The number of hydrogen-bond donors (Lipinski definition) is 3. The van der Waals surface area contributed by atoms with Crippen LogP contribution in [0.15, 0.2) is 77.7 Å². The van der Waals surface area contributed by atoms with E-state index in [1.807, 2.05) is 0 Å². The summed E-state index contributed by atoms with van der Waals surface area (Å²) in [5.74, 6) is -2.08. The quantitative estimate of drug-likeness (QED) is 0.268. The highest BCUT2D eigenvalue weighted by atomic mass is 32.2. The van der Waals surface area contributed by atoms with Crippen molar-refractivity contribution >= 4 is 27.9 Å². The average molecular weight is 557 g/mol. The molecule has 3 rings (SSSR count). The number of rotatable bonds is 13. The zero-order chi connectivity index (χ0) is 28.4. The summed E-state index contributed by atoms with van der Waals surface area (Å²) in [6.45, 7) is -0.379. The first-order valence-corrected chi connectivity index (χ1v) is 13.1. The first-order chi connectivity index (χ1) is 18.6. The number of benzene rings is 3. The van der Waals surface area contributed by atoms with Gasteiger partial charge in [-0.1, -0.05) is 36.4 Å². The minimum absolute atomic E-state index is 0.0317. The fourth-order valence-electron chi connectivity index (χ4n) is 3.53. The van der Waals surface area contributed by atoms with E-state index in [9.17, 15) is 27.9 Å². The largest absolute Gasteiger partial charge is 0.497 e. The van der Waals surface area contributed by atoms with E-state index < -0.39 is 40.5 Å². The van der Waals surface area contributed by atoms with Crippen LogP contribution in [0.2, 0.25) is 0 Å². The van der Waals surface area contributed by atoms with Crippen molar-refractivity contribution in [2.75, 3.05) is 20.8 Å². The molecule has 3 aromatic carbocycles. The zero-order valence-corrected chi connectivity index (χ0v) is 22.1. The molecule has 0 aromatic heterocycles. The predicted molar refractivity (Wildman–Crippen MR) is 140 cm³/mol. The fourth-order valence-corrected chi connectivity index (χ4v) is 4.74. The van der Waals surface area contributed by atoms with Gasteiger partial charge in [-0.3, -0.25) is 4.79 Å². The number of carbonyl (C=O) groups excluding carboxylic acids is 2. The van der Waals surface area contributed by atoms with Crippen molar-refractivity contribution in [2.45, 2.75) is 23.9 Å². The lowest BCUT2D eigenvalue weighted by atomic mass is 10.0. The standard InChI is InChI=1S/C27H28N2O9S/c1-36-20-11-8-18(9-12-20)16-28-26(31)23(29-39(34,35)21-6-4-3-5-7-21)15-19-10-13-24(22(14-19)27(32)33)38-17-25(30)37-2/h3-14,23,29H,15-17H2,1-2H3,(H,28,31)(H,32,33)/t23-/m0/s1. The Balaban J connectivity index is 1.85. The maximum atomic E-state index is 13.2. The summed E-state index contributed by atoms with van der Waals surface area (Å²) in [5.41, 5.74) is 0.840. The van der Waals surface area contributed by atoms with Crippen molar-refractivity contribution in [3.63, 3.8) is 0 Å². The molecule has 0 spiro atoms. The number of carboxylic acids is 1. The van der Waals surface area contributed by atoms with E-state index in [1.54, 1.807) is 42.5 Å². The second kappa shape index (κ2) is 13.4. The summed E-state index contributed by atoms with van der Waals surface area (Å²) in [5, 5.41) is 12.4. The highest BCUT2D eigenvalue weighted by Crippen LogP contribution is 2.22. The topological polar surface area (TPSA) is 157 Å². The number of nitrogens with one attached hydrogen (secondary N) is 2. The molecule has 3 aromatic rings. The maximum Gasteiger partial charge on any atom is 0.343 e. The summed E-state index contributed by atoms with van der Waals surface area (Å²) in [4.78, 5) is 36.4. The van der Waals surface area contributed by atoms with Gasteiger partial charge in [0.15, 0.2) is 6.61 Å². The Morgan fingerprint density at radius 2 is 1.59 bits per heavy atom. The zero-order valence-electron chi connectivity index (χ0n) is 21.2.